The fourth-order valence-electron chi connectivity index (χ4n) is 6.25. The molecule has 0 aromatic carbocycles. The molecule has 28 heavy (non-hydrogen) atoms. The molecule has 1 N–H and O–H groups in total. The van der Waals surface area contributed by atoms with Crippen LogP contribution >= 0.6 is 0 Å². The summed E-state index contributed by atoms with van der Waals surface area (Å²) >= 11 is 0. The normalized spacial score (nSPS) is 45.0. The molecule has 7 nitrogen and oxygen atoms in total. The molecule has 0 aromatic heterocycles. The van der Waals surface area contributed by atoms with E-state index >= 15 is 0 Å². The first kappa shape index (κ1) is 20.4. The second kappa shape index (κ2) is 7.15. The van der Waals surface area contributed by atoms with Crippen LogP contribution in [0.15, 0.2) is 0 Å². The van der Waals surface area contributed by atoms with Crippen LogP contribution < -0.4 is 0 Å². The molecule has 8 heteroatoms. The van der Waals surface area contributed by atoms with Crippen LogP contribution in [0.2, 0.25) is 0 Å². The standard InChI is InChI=1S/C20H30O7S/c1-11-10-13(18(23)16-14(21)4-3-5-15(16)22)12(2)17-19(11)28(24,25)9-6-20(17)26-7-8-27-20/h11-14,16-17,19,21H,3-10H2,1-2H3. The summed E-state index contributed by atoms with van der Waals surface area (Å²) < 4.78 is 37.7. The molecule has 0 aromatic rings. The fraction of sp³-hybridized carbons (Fsp3) is 0.900. The summed E-state index contributed by atoms with van der Waals surface area (Å²) in [5.41, 5.74) is 0. The number of hydrogen-bond donors (Lipinski definition) is 1. The Morgan fingerprint density at radius 1 is 1.21 bits per heavy atom. The summed E-state index contributed by atoms with van der Waals surface area (Å²) in [6.07, 6.45) is 1.13. The van der Waals surface area contributed by atoms with Gasteiger partial charge in [0, 0.05) is 24.7 Å². The molecule has 2 saturated heterocycles. The van der Waals surface area contributed by atoms with Crippen LogP contribution in [0.3, 0.4) is 0 Å². The van der Waals surface area contributed by atoms with Gasteiger partial charge in [-0.25, -0.2) is 8.42 Å². The van der Waals surface area contributed by atoms with Crippen molar-refractivity contribution < 1.29 is 32.6 Å². The molecule has 2 aliphatic carbocycles. The summed E-state index contributed by atoms with van der Waals surface area (Å²) in [6.45, 7) is 4.60. The largest absolute Gasteiger partial charge is 0.392 e. The highest BCUT2D eigenvalue weighted by Gasteiger charge is 2.63. The lowest BCUT2D eigenvalue weighted by atomic mass is 9.61. The number of fused-ring (bicyclic) bond motifs is 2. The average molecular weight is 415 g/mol. The van der Waals surface area contributed by atoms with Crippen molar-refractivity contribution >= 4 is 21.4 Å². The molecule has 7 atom stereocenters. The summed E-state index contributed by atoms with van der Waals surface area (Å²) in [4.78, 5) is 25.7. The first-order valence-corrected chi connectivity index (χ1v) is 12.1. The van der Waals surface area contributed by atoms with Gasteiger partial charge in [-0.15, -0.1) is 0 Å². The van der Waals surface area contributed by atoms with Gasteiger partial charge in [-0.05, 0) is 31.1 Å². The second-order valence-electron chi connectivity index (χ2n) is 9.10. The van der Waals surface area contributed by atoms with Gasteiger partial charge in [0.05, 0.1) is 30.3 Å². The van der Waals surface area contributed by atoms with Crippen LogP contribution in [0.1, 0.15) is 46.0 Å². The Morgan fingerprint density at radius 2 is 1.89 bits per heavy atom. The van der Waals surface area contributed by atoms with Gasteiger partial charge < -0.3 is 14.6 Å². The number of aliphatic hydroxyl groups is 1. The van der Waals surface area contributed by atoms with Gasteiger partial charge in [0.2, 0.25) is 0 Å². The molecule has 158 valence electrons. The van der Waals surface area contributed by atoms with Gasteiger partial charge >= 0.3 is 0 Å². The number of rotatable bonds is 2. The number of ketones is 2. The van der Waals surface area contributed by atoms with E-state index in [1.54, 1.807) is 0 Å². The van der Waals surface area contributed by atoms with Gasteiger partial charge in [-0.1, -0.05) is 13.8 Å². The number of Topliss-reactive ketones (excluding diaryl/α,β-unsaturated/α-hetero) is 2. The third kappa shape index (κ3) is 3.07. The van der Waals surface area contributed by atoms with E-state index in [2.05, 4.69) is 0 Å². The first-order chi connectivity index (χ1) is 13.2. The van der Waals surface area contributed by atoms with Crippen molar-refractivity contribution in [3.63, 3.8) is 0 Å². The molecule has 4 rings (SSSR count). The molecule has 0 amide bonds. The third-order valence-electron chi connectivity index (χ3n) is 7.50. The zero-order valence-corrected chi connectivity index (χ0v) is 17.3. The van der Waals surface area contributed by atoms with Crippen molar-refractivity contribution in [3.8, 4) is 0 Å². The van der Waals surface area contributed by atoms with E-state index in [1.165, 1.54) is 0 Å². The molecular formula is C20H30O7S. The maximum absolute atomic E-state index is 13.4. The Bertz CT molecular complexity index is 755. The summed E-state index contributed by atoms with van der Waals surface area (Å²) in [7, 11) is -3.31. The van der Waals surface area contributed by atoms with Crippen LogP contribution in [0.5, 0.6) is 0 Å². The van der Waals surface area contributed by atoms with Gasteiger partial charge in [-0.3, -0.25) is 9.59 Å². The van der Waals surface area contributed by atoms with Crippen LogP contribution in [-0.2, 0) is 28.9 Å². The lowest BCUT2D eigenvalue weighted by Crippen LogP contribution is -2.63. The Hall–Kier alpha value is -0.830. The van der Waals surface area contributed by atoms with E-state index in [0.717, 1.165) is 0 Å². The third-order valence-corrected chi connectivity index (χ3v) is 9.86. The molecule has 2 heterocycles. The number of ether oxygens (including phenoxy) is 2. The highest BCUT2D eigenvalue weighted by atomic mass is 32.2. The Labute approximate surface area is 166 Å². The maximum Gasteiger partial charge on any atom is 0.173 e. The van der Waals surface area contributed by atoms with Gasteiger partial charge in [-0.2, -0.15) is 0 Å². The fourth-order valence-corrected chi connectivity index (χ4v) is 8.81. The first-order valence-electron chi connectivity index (χ1n) is 10.4. The van der Waals surface area contributed by atoms with Gasteiger partial charge in [0.1, 0.15) is 17.5 Å². The van der Waals surface area contributed by atoms with Crippen molar-refractivity contribution in [2.75, 3.05) is 19.0 Å². The summed E-state index contributed by atoms with van der Waals surface area (Å²) in [6, 6.07) is 0. The summed E-state index contributed by atoms with van der Waals surface area (Å²) in [5, 5.41) is 9.72. The number of carbonyl (C=O) groups excluding carboxylic acids is 2. The molecule has 7 unspecified atom stereocenters. The van der Waals surface area contributed by atoms with E-state index in [1.807, 2.05) is 13.8 Å². The number of aliphatic hydroxyl groups excluding tert-OH is 1. The predicted molar refractivity (Wildman–Crippen MR) is 100 cm³/mol. The molecule has 1 spiro atoms. The van der Waals surface area contributed by atoms with E-state index in [9.17, 15) is 23.1 Å². The Balaban J connectivity index is 1.69. The average Bonchev–Trinajstić information content (AvgIpc) is 3.09. The smallest absolute Gasteiger partial charge is 0.173 e. The van der Waals surface area contributed by atoms with Gasteiger partial charge in [0.25, 0.3) is 0 Å². The molecule has 4 aliphatic rings. The minimum absolute atomic E-state index is 0.0314. The lowest BCUT2D eigenvalue weighted by molar-refractivity contribution is -0.224. The predicted octanol–water partition coefficient (Wildman–Crippen LogP) is 1.12. The number of hydrogen-bond acceptors (Lipinski definition) is 7. The van der Waals surface area contributed by atoms with Crippen LogP contribution in [0.25, 0.3) is 0 Å². The second-order valence-corrected chi connectivity index (χ2v) is 11.4. The molecule has 4 fully saturated rings. The van der Waals surface area contributed by atoms with Crippen LogP contribution in [-0.4, -0.2) is 61.2 Å². The molecule has 2 saturated carbocycles. The minimum Gasteiger partial charge on any atom is -0.392 e. The molecular weight excluding hydrogens is 384 g/mol. The Kier molecular flexibility index (Phi) is 5.22. The van der Waals surface area contributed by atoms with E-state index < -0.39 is 44.7 Å². The topological polar surface area (TPSA) is 107 Å². The van der Waals surface area contributed by atoms with E-state index in [0.29, 0.717) is 38.9 Å². The van der Waals surface area contributed by atoms with E-state index in [4.69, 9.17) is 9.47 Å². The molecule has 2 aliphatic heterocycles. The van der Waals surface area contributed by atoms with Gasteiger partial charge in [0.15, 0.2) is 15.6 Å². The number of sulfone groups is 1. The molecule has 0 radical (unpaired) electrons. The highest BCUT2D eigenvalue weighted by molar-refractivity contribution is 7.92. The van der Waals surface area contributed by atoms with Crippen LogP contribution in [0, 0.1) is 29.6 Å². The highest BCUT2D eigenvalue weighted by Crippen LogP contribution is 2.53. The zero-order chi connectivity index (χ0) is 20.3. The lowest BCUT2D eigenvalue weighted by Gasteiger charge is -2.53. The van der Waals surface area contributed by atoms with Crippen molar-refractivity contribution in [1.82, 2.24) is 0 Å². The van der Waals surface area contributed by atoms with Crippen molar-refractivity contribution in [1.29, 1.82) is 0 Å². The monoisotopic (exact) mass is 414 g/mol. The SMILES string of the molecule is CC1CC(C(=O)C2C(=O)CCCC2O)C(C)C2C1S(=O)(=O)CCC21OCCO1. The quantitative estimate of drug-likeness (QED) is 0.675. The maximum atomic E-state index is 13.4. The Morgan fingerprint density at radius 3 is 2.54 bits per heavy atom. The van der Waals surface area contributed by atoms with E-state index in [-0.39, 0.29) is 35.6 Å². The van der Waals surface area contributed by atoms with Crippen molar-refractivity contribution in [3.05, 3.63) is 0 Å². The van der Waals surface area contributed by atoms with Crippen LogP contribution in [0.4, 0.5) is 0 Å². The zero-order valence-electron chi connectivity index (χ0n) is 16.5. The molecule has 0 bridgehead atoms. The minimum atomic E-state index is -3.31. The summed E-state index contributed by atoms with van der Waals surface area (Å²) in [5.74, 6) is -3.78. The van der Waals surface area contributed by atoms with Crippen molar-refractivity contribution in [2.45, 2.75) is 63.1 Å². The number of carbonyl (C=O) groups is 2. The van der Waals surface area contributed by atoms with Crippen molar-refractivity contribution in [2.24, 2.45) is 29.6 Å².